The average Bonchev–Trinajstić information content (AvgIpc) is 2.29. The fraction of sp³-hybridized carbons (Fsp3) is 0.500. The fourth-order valence-electron chi connectivity index (χ4n) is 2.16. The summed E-state index contributed by atoms with van der Waals surface area (Å²) in [5, 5.41) is 6.89. The van der Waals surface area contributed by atoms with E-state index in [1.54, 1.807) is 18.2 Å². The van der Waals surface area contributed by atoms with E-state index < -0.39 is 0 Å². The van der Waals surface area contributed by atoms with Crippen molar-refractivity contribution in [1.82, 2.24) is 5.32 Å². The van der Waals surface area contributed by atoms with E-state index in [-0.39, 0.29) is 12.5 Å². The van der Waals surface area contributed by atoms with Crippen LogP contribution in [0.1, 0.15) is 26.2 Å². The quantitative estimate of drug-likeness (QED) is 0.870. The molecule has 5 heteroatoms. The molecule has 1 fully saturated rings. The summed E-state index contributed by atoms with van der Waals surface area (Å²) < 4.78 is 0. The first-order valence-electron chi connectivity index (χ1n) is 6.55. The van der Waals surface area contributed by atoms with Crippen molar-refractivity contribution < 1.29 is 4.79 Å². The third kappa shape index (κ3) is 3.85. The van der Waals surface area contributed by atoms with Crippen LogP contribution in [-0.4, -0.2) is 18.5 Å². The normalized spacial score (nSPS) is 16.8. The zero-order valence-electron chi connectivity index (χ0n) is 10.9. The molecule has 0 radical (unpaired) electrons. The summed E-state index contributed by atoms with van der Waals surface area (Å²) in [6.45, 7) is 2.40. The Morgan fingerprint density at radius 1 is 1.37 bits per heavy atom. The number of nitrogens with one attached hydrogen (secondary N) is 2. The number of hydrogen-bond donors (Lipinski definition) is 2. The summed E-state index contributed by atoms with van der Waals surface area (Å²) in [4.78, 5) is 11.9. The van der Waals surface area contributed by atoms with Crippen molar-refractivity contribution in [3.05, 3.63) is 28.2 Å². The number of carbonyl (C=O) groups excluding carboxylic acids is 1. The van der Waals surface area contributed by atoms with Crippen molar-refractivity contribution >= 4 is 34.8 Å². The van der Waals surface area contributed by atoms with Gasteiger partial charge in [-0.1, -0.05) is 35.7 Å². The lowest BCUT2D eigenvalue weighted by molar-refractivity contribution is -0.115. The maximum atomic E-state index is 11.9. The molecule has 0 spiro atoms. The van der Waals surface area contributed by atoms with Gasteiger partial charge in [-0.25, -0.2) is 0 Å². The molecule has 0 saturated heterocycles. The van der Waals surface area contributed by atoms with Gasteiger partial charge in [-0.15, -0.1) is 0 Å². The van der Waals surface area contributed by atoms with Gasteiger partial charge < -0.3 is 10.6 Å². The fourth-order valence-corrected chi connectivity index (χ4v) is 2.65. The number of anilines is 1. The Kier molecular flexibility index (Phi) is 5.08. The zero-order valence-corrected chi connectivity index (χ0v) is 12.4. The molecule has 1 aromatic carbocycles. The lowest BCUT2D eigenvalue weighted by atomic mass is 9.80. The number of benzene rings is 1. The van der Waals surface area contributed by atoms with Crippen LogP contribution in [-0.2, 0) is 4.79 Å². The molecular weight excluding hydrogens is 283 g/mol. The van der Waals surface area contributed by atoms with Crippen LogP contribution in [0.25, 0.3) is 0 Å². The van der Waals surface area contributed by atoms with Crippen molar-refractivity contribution in [2.45, 2.75) is 32.2 Å². The van der Waals surface area contributed by atoms with Crippen LogP contribution >= 0.6 is 23.2 Å². The molecule has 1 aliphatic carbocycles. The van der Waals surface area contributed by atoms with Crippen molar-refractivity contribution in [2.75, 3.05) is 11.9 Å². The second-order valence-electron chi connectivity index (χ2n) is 5.01. The minimum Gasteiger partial charge on any atom is -0.322 e. The molecule has 1 amide bonds. The highest BCUT2D eigenvalue weighted by Crippen LogP contribution is 2.30. The molecule has 2 N–H and O–H groups in total. The van der Waals surface area contributed by atoms with Crippen molar-refractivity contribution in [2.24, 2.45) is 5.92 Å². The first-order chi connectivity index (χ1) is 9.08. The van der Waals surface area contributed by atoms with Crippen LogP contribution in [0, 0.1) is 5.92 Å². The first kappa shape index (κ1) is 14.6. The van der Waals surface area contributed by atoms with E-state index in [0.717, 1.165) is 0 Å². The number of halogens is 2. The van der Waals surface area contributed by atoms with Crippen LogP contribution in [0.5, 0.6) is 0 Å². The number of hydrogen-bond acceptors (Lipinski definition) is 2. The monoisotopic (exact) mass is 300 g/mol. The first-order valence-corrected chi connectivity index (χ1v) is 7.30. The topological polar surface area (TPSA) is 41.1 Å². The molecule has 0 aliphatic heterocycles. The maximum Gasteiger partial charge on any atom is 0.238 e. The van der Waals surface area contributed by atoms with Gasteiger partial charge in [-0.05, 0) is 37.8 Å². The molecule has 0 bridgehead atoms. The number of para-hydroxylation sites is 1. The molecule has 1 aliphatic rings. The lowest BCUT2D eigenvalue weighted by Crippen LogP contribution is -2.41. The van der Waals surface area contributed by atoms with E-state index in [1.165, 1.54) is 19.3 Å². The predicted octanol–water partition coefficient (Wildman–Crippen LogP) is 3.71. The predicted molar refractivity (Wildman–Crippen MR) is 79.9 cm³/mol. The van der Waals surface area contributed by atoms with Gasteiger partial charge in [0.05, 0.1) is 22.3 Å². The minimum atomic E-state index is -0.124. The second kappa shape index (κ2) is 6.60. The lowest BCUT2D eigenvalue weighted by Gasteiger charge is -2.31. The van der Waals surface area contributed by atoms with Gasteiger partial charge in [-0.2, -0.15) is 0 Å². The summed E-state index contributed by atoms with van der Waals surface area (Å²) in [5.41, 5.74) is 0.480. The van der Waals surface area contributed by atoms with E-state index in [4.69, 9.17) is 23.2 Å². The number of amides is 1. The summed E-state index contributed by atoms with van der Waals surface area (Å²) in [5.74, 6) is 0.581. The van der Waals surface area contributed by atoms with Crippen LogP contribution in [0.4, 0.5) is 5.69 Å². The molecule has 19 heavy (non-hydrogen) atoms. The van der Waals surface area contributed by atoms with E-state index in [1.807, 2.05) is 0 Å². The molecule has 1 atom stereocenters. The molecule has 1 unspecified atom stereocenters. The Hall–Kier alpha value is -0.770. The van der Waals surface area contributed by atoms with Crippen LogP contribution < -0.4 is 10.6 Å². The summed E-state index contributed by atoms with van der Waals surface area (Å²) >= 11 is 12.0. The van der Waals surface area contributed by atoms with Crippen LogP contribution in [0.2, 0.25) is 10.0 Å². The van der Waals surface area contributed by atoms with Crippen LogP contribution in [0.15, 0.2) is 18.2 Å². The van der Waals surface area contributed by atoms with Gasteiger partial charge >= 0.3 is 0 Å². The Balaban J connectivity index is 1.83. The van der Waals surface area contributed by atoms with Gasteiger partial charge in [0.25, 0.3) is 0 Å². The van der Waals surface area contributed by atoms with Gasteiger partial charge in [-0.3, -0.25) is 4.79 Å². The van der Waals surface area contributed by atoms with Crippen molar-refractivity contribution in [3.8, 4) is 0 Å². The van der Waals surface area contributed by atoms with Gasteiger partial charge in [0.1, 0.15) is 0 Å². The Bertz CT molecular complexity index is 441. The minimum absolute atomic E-state index is 0.124. The number of rotatable bonds is 5. The van der Waals surface area contributed by atoms with E-state index >= 15 is 0 Å². The van der Waals surface area contributed by atoms with Crippen molar-refractivity contribution in [1.29, 1.82) is 0 Å². The maximum absolute atomic E-state index is 11.9. The molecule has 0 aromatic heterocycles. The van der Waals surface area contributed by atoms with Gasteiger partial charge in [0.15, 0.2) is 0 Å². The third-order valence-electron chi connectivity index (χ3n) is 3.67. The zero-order chi connectivity index (χ0) is 13.8. The highest BCUT2D eigenvalue weighted by Gasteiger charge is 2.23. The largest absolute Gasteiger partial charge is 0.322 e. The highest BCUT2D eigenvalue weighted by molar-refractivity contribution is 6.39. The van der Waals surface area contributed by atoms with Gasteiger partial charge in [0.2, 0.25) is 5.91 Å². The SMILES string of the molecule is CC(NCC(=O)Nc1c(Cl)cccc1Cl)C1CCC1. The van der Waals surface area contributed by atoms with E-state index in [2.05, 4.69) is 17.6 Å². The molecule has 104 valence electrons. The summed E-state index contributed by atoms with van der Waals surface area (Å²) in [6.07, 6.45) is 3.82. The summed E-state index contributed by atoms with van der Waals surface area (Å²) in [6, 6.07) is 5.53. The second-order valence-corrected chi connectivity index (χ2v) is 5.82. The Labute approximate surface area is 123 Å². The Morgan fingerprint density at radius 3 is 2.53 bits per heavy atom. The molecular formula is C14H18Cl2N2O. The molecule has 0 heterocycles. The average molecular weight is 301 g/mol. The molecule has 1 aromatic rings. The van der Waals surface area contributed by atoms with Crippen LogP contribution in [0.3, 0.4) is 0 Å². The smallest absolute Gasteiger partial charge is 0.238 e. The highest BCUT2D eigenvalue weighted by atomic mass is 35.5. The van der Waals surface area contributed by atoms with E-state index in [0.29, 0.717) is 27.7 Å². The van der Waals surface area contributed by atoms with Gasteiger partial charge in [0, 0.05) is 6.04 Å². The van der Waals surface area contributed by atoms with E-state index in [9.17, 15) is 4.79 Å². The van der Waals surface area contributed by atoms with Crippen molar-refractivity contribution in [3.63, 3.8) is 0 Å². The third-order valence-corrected chi connectivity index (χ3v) is 4.30. The molecule has 3 nitrogen and oxygen atoms in total. The summed E-state index contributed by atoms with van der Waals surface area (Å²) in [7, 11) is 0. The molecule has 1 saturated carbocycles. The molecule has 2 rings (SSSR count). The number of carbonyl (C=O) groups is 1. The standard InChI is InChI=1S/C14H18Cl2N2O/c1-9(10-4-2-5-10)17-8-13(19)18-14-11(15)6-3-7-12(14)16/h3,6-7,9-10,17H,2,4-5,8H2,1H3,(H,18,19). The Morgan fingerprint density at radius 2 is 2.00 bits per heavy atom.